The summed E-state index contributed by atoms with van der Waals surface area (Å²) in [5.41, 5.74) is 1.37. The summed E-state index contributed by atoms with van der Waals surface area (Å²) in [7, 11) is 0. The second-order valence-electron chi connectivity index (χ2n) is 4.03. The lowest BCUT2D eigenvalue weighted by atomic mass is 10.2. The molecule has 0 aliphatic rings. The zero-order valence-corrected chi connectivity index (χ0v) is 12.2. The standard InChI is InChI=1S/C13H12BrF2N3O/c1-8-5-17-7-12(19-8)18-6-9-4-10(14)2-3-11(9)20-13(15)16/h2-5,7,13H,6H2,1H3,(H,18,19). The first kappa shape index (κ1) is 14.6. The number of anilines is 1. The number of hydrogen-bond donors (Lipinski definition) is 1. The fourth-order valence-corrected chi connectivity index (χ4v) is 2.04. The van der Waals surface area contributed by atoms with Crippen molar-refractivity contribution in [2.75, 3.05) is 5.32 Å². The van der Waals surface area contributed by atoms with Gasteiger partial charge in [-0.3, -0.25) is 4.98 Å². The number of halogens is 3. The van der Waals surface area contributed by atoms with Crippen LogP contribution in [0.1, 0.15) is 11.3 Å². The van der Waals surface area contributed by atoms with Gasteiger partial charge in [-0.15, -0.1) is 0 Å². The van der Waals surface area contributed by atoms with Crippen molar-refractivity contribution in [2.24, 2.45) is 0 Å². The molecule has 0 bridgehead atoms. The van der Waals surface area contributed by atoms with E-state index >= 15 is 0 Å². The number of nitrogens with zero attached hydrogens (tertiary/aromatic N) is 2. The van der Waals surface area contributed by atoms with Crippen LogP contribution in [0.2, 0.25) is 0 Å². The molecule has 7 heteroatoms. The summed E-state index contributed by atoms with van der Waals surface area (Å²) in [6.07, 6.45) is 3.20. The largest absolute Gasteiger partial charge is 0.434 e. The first-order valence-electron chi connectivity index (χ1n) is 5.80. The van der Waals surface area contributed by atoms with Crippen LogP contribution in [0.15, 0.2) is 35.1 Å². The van der Waals surface area contributed by atoms with Gasteiger partial charge >= 0.3 is 6.61 Å². The van der Waals surface area contributed by atoms with Gasteiger partial charge in [0.2, 0.25) is 0 Å². The van der Waals surface area contributed by atoms with Crippen LogP contribution in [0, 0.1) is 6.92 Å². The maximum absolute atomic E-state index is 12.3. The fourth-order valence-electron chi connectivity index (χ4n) is 1.63. The zero-order chi connectivity index (χ0) is 14.5. The number of rotatable bonds is 5. The zero-order valence-electron chi connectivity index (χ0n) is 10.6. The molecule has 0 amide bonds. The van der Waals surface area contributed by atoms with E-state index in [9.17, 15) is 8.78 Å². The Morgan fingerprint density at radius 2 is 2.15 bits per heavy atom. The van der Waals surface area contributed by atoms with Gasteiger partial charge in [0.05, 0.1) is 11.9 Å². The Morgan fingerprint density at radius 1 is 1.35 bits per heavy atom. The van der Waals surface area contributed by atoms with Crippen LogP contribution < -0.4 is 10.1 Å². The van der Waals surface area contributed by atoms with Gasteiger partial charge < -0.3 is 10.1 Å². The molecule has 0 fully saturated rings. The second kappa shape index (κ2) is 6.60. The maximum Gasteiger partial charge on any atom is 0.387 e. The Hall–Kier alpha value is -1.76. The fraction of sp³-hybridized carbons (Fsp3) is 0.231. The molecule has 2 aromatic rings. The SMILES string of the molecule is Cc1cncc(NCc2cc(Br)ccc2OC(F)F)n1. The normalized spacial score (nSPS) is 10.7. The molecule has 106 valence electrons. The van der Waals surface area contributed by atoms with Crippen LogP contribution in [-0.2, 0) is 6.54 Å². The van der Waals surface area contributed by atoms with Gasteiger partial charge in [0.15, 0.2) is 0 Å². The first-order valence-corrected chi connectivity index (χ1v) is 6.59. The van der Waals surface area contributed by atoms with E-state index in [0.717, 1.165) is 10.2 Å². The monoisotopic (exact) mass is 343 g/mol. The number of aromatic nitrogens is 2. The highest BCUT2D eigenvalue weighted by Crippen LogP contribution is 2.25. The predicted molar refractivity (Wildman–Crippen MR) is 74.9 cm³/mol. The smallest absolute Gasteiger partial charge is 0.387 e. The number of ether oxygens (including phenoxy) is 1. The van der Waals surface area contributed by atoms with E-state index < -0.39 is 6.61 Å². The van der Waals surface area contributed by atoms with Gasteiger partial charge in [-0.1, -0.05) is 15.9 Å². The van der Waals surface area contributed by atoms with Crippen molar-refractivity contribution < 1.29 is 13.5 Å². The molecule has 0 radical (unpaired) electrons. The summed E-state index contributed by atoms with van der Waals surface area (Å²) in [5.74, 6) is 0.712. The summed E-state index contributed by atoms with van der Waals surface area (Å²) in [4.78, 5) is 8.23. The van der Waals surface area contributed by atoms with Crippen LogP contribution in [0.25, 0.3) is 0 Å². The highest BCUT2D eigenvalue weighted by atomic mass is 79.9. The molecule has 0 atom stereocenters. The summed E-state index contributed by atoms with van der Waals surface area (Å²) in [6, 6.07) is 4.86. The minimum Gasteiger partial charge on any atom is -0.434 e. The molecule has 1 aromatic heterocycles. The topological polar surface area (TPSA) is 47.0 Å². The van der Waals surface area contributed by atoms with E-state index in [1.807, 2.05) is 6.92 Å². The van der Waals surface area contributed by atoms with Gasteiger partial charge in [0.25, 0.3) is 0 Å². The first-order chi connectivity index (χ1) is 9.54. The third-order valence-corrected chi connectivity index (χ3v) is 2.95. The van der Waals surface area contributed by atoms with Gasteiger partial charge in [-0.25, -0.2) is 4.98 Å². The molecule has 20 heavy (non-hydrogen) atoms. The molecule has 1 N–H and O–H groups in total. The minimum absolute atomic E-state index is 0.135. The number of alkyl halides is 2. The summed E-state index contributed by atoms with van der Waals surface area (Å²) >= 11 is 3.30. The van der Waals surface area contributed by atoms with E-state index in [-0.39, 0.29) is 5.75 Å². The van der Waals surface area contributed by atoms with Crippen molar-refractivity contribution in [3.63, 3.8) is 0 Å². The Balaban J connectivity index is 2.13. The van der Waals surface area contributed by atoms with E-state index in [4.69, 9.17) is 0 Å². The molecule has 0 aliphatic carbocycles. The Labute approximate surface area is 123 Å². The Morgan fingerprint density at radius 3 is 2.85 bits per heavy atom. The lowest BCUT2D eigenvalue weighted by Crippen LogP contribution is -2.08. The van der Waals surface area contributed by atoms with E-state index in [2.05, 4.69) is 36.0 Å². The molecular weight excluding hydrogens is 332 g/mol. The van der Waals surface area contributed by atoms with Crippen molar-refractivity contribution in [1.82, 2.24) is 9.97 Å². The van der Waals surface area contributed by atoms with Crippen LogP contribution in [-0.4, -0.2) is 16.6 Å². The number of nitrogens with one attached hydrogen (secondary N) is 1. The van der Waals surface area contributed by atoms with E-state index in [0.29, 0.717) is 17.9 Å². The predicted octanol–water partition coefficient (Wildman–Crippen LogP) is 3.76. The number of benzene rings is 1. The molecule has 0 unspecified atom stereocenters. The Kier molecular flexibility index (Phi) is 4.84. The van der Waals surface area contributed by atoms with E-state index in [1.54, 1.807) is 24.5 Å². The molecule has 1 aromatic carbocycles. The summed E-state index contributed by atoms with van der Waals surface area (Å²) < 4.78 is 29.9. The summed E-state index contributed by atoms with van der Waals surface area (Å²) in [5, 5.41) is 3.02. The average Bonchev–Trinajstić information content (AvgIpc) is 2.39. The minimum atomic E-state index is -2.85. The van der Waals surface area contributed by atoms with Gasteiger partial charge in [0, 0.05) is 22.8 Å². The highest BCUT2D eigenvalue weighted by molar-refractivity contribution is 9.10. The van der Waals surface area contributed by atoms with Crippen LogP contribution >= 0.6 is 15.9 Å². The molecule has 4 nitrogen and oxygen atoms in total. The lowest BCUT2D eigenvalue weighted by molar-refractivity contribution is -0.0504. The van der Waals surface area contributed by atoms with Crippen LogP contribution in [0.3, 0.4) is 0 Å². The lowest BCUT2D eigenvalue weighted by Gasteiger charge is -2.12. The second-order valence-corrected chi connectivity index (χ2v) is 4.95. The van der Waals surface area contributed by atoms with Crippen LogP contribution in [0.4, 0.5) is 14.6 Å². The molecule has 0 saturated heterocycles. The van der Waals surface area contributed by atoms with Crippen molar-refractivity contribution >= 4 is 21.7 Å². The van der Waals surface area contributed by atoms with Crippen molar-refractivity contribution in [3.8, 4) is 5.75 Å². The number of aryl methyl sites for hydroxylation is 1. The molecular formula is C13H12BrF2N3O. The Bertz CT molecular complexity index is 596. The molecule has 2 rings (SSSR count). The van der Waals surface area contributed by atoms with E-state index in [1.165, 1.54) is 6.07 Å². The third kappa shape index (κ3) is 4.12. The molecule has 0 aliphatic heterocycles. The molecule has 1 heterocycles. The average molecular weight is 344 g/mol. The van der Waals surface area contributed by atoms with Crippen molar-refractivity contribution in [2.45, 2.75) is 20.1 Å². The maximum atomic E-state index is 12.3. The third-order valence-electron chi connectivity index (χ3n) is 2.45. The highest BCUT2D eigenvalue weighted by Gasteiger charge is 2.10. The van der Waals surface area contributed by atoms with Gasteiger partial charge in [-0.2, -0.15) is 8.78 Å². The molecule has 0 saturated carbocycles. The van der Waals surface area contributed by atoms with Crippen molar-refractivity contribution in [1.29, 1.82) is 0 Å². The van der Waals surface area contributed by atoms with Crippen molar-refractivity contribution in [3.05, 3.63) is 46.3 Å². The van der Waals surface area contributed by atoms with Gasteiger partial charge in [0.1, 0.15) is 11.6 Å². The van der Waals surface area contributed by atoms with Crippen LogP contribution in [0.5, 0.6) is 5.75 Å². The number of hydrogen-bond acceptors (Lipinski definition) is 4. The quantitative estimate of drug-likeness (QED) is 0.897. The summed E-state index contributed by atoms with van der Waals surface area (Å²) in [6.45, 7) is -0.726. The van der Waals surface area contributed by atoms with Gasteiger partial charge in [-0.05, 0) is 25.1 Å². The molecule has 0 spiro atoms.